The summed E-state index contributed by atoms with van der Waals surface area (Å²) in [6.07, 6.45) is 3.72. The fourth-order valence-electron chi connectivity index (χ4n) is 2.43. The number of hydrogen-bond acceptors (Lipinski definition) is 3. The molecule has 1 aromatic heterocycles. The molecule has 0 aliphatic carbocycles. The first-order chi connectivity index (χ1) is 11.5. The van der Waals surface area contributed by atoms with Gasteiger partial charge in [0.05, 0.1) is 4.92 Å². The first kappa shape index (κ1) is 17.5. The van der Waals surface area contributed by atoms with E-state index in [4.69, 9.17) is 0 Å². The number of amides is 2. The van der Waals surface area contributed by atoms with E-state index in [1.807, 2.05) is 26.2 Å². The normalized spacial score (nSPS) is 11.8. The molecule has 1 heterocycles. The van der Waals surface area contributed by atoms with Crippen LogP contribution in [-0.2, 0) is 20.0 Å². The zero-order valence-electron chi connectivity index (χ0n) is 13.9. The zero-order valence-corrected chi connectivity index (χ0v) is 13.9. The van der Waals surface area contributed by atoms with Crippen LogP contribution in [0.5, 0.6) is 0 Å². The number of nitro benzene ring substituents is 1. The van der Waals surface area contributed by atoms with Gasteiger partial charge in [-0.15, -0.1) is 0 Å². The molecule has 7 nitrogen and oxygen atoms in total. The summed E-state index contributed by atoms with van der Waals surface area (Å²) < 4.78 is 2.06. The number of nitrogens with zero attached hydrogens (tertiary/aromatic N) is 2. The Morgan fingerprint density at radius 1 is 1.33 bits per heavy atom. The van der Waals surface area contributed by atoms with Gasteiger partial charge in [0.2, 0.25) is 0 Å². The lowest BCUT2D eigenvalue weighted by atomic mass is 10.1. The van der Waals surface area contributed by atoms with Crippen LogP contribution in [0.4, 0.5) is 10.5 Å². The van der Waals surface area contributed by atoms with E-state index < -0.39 is 4.92 Å². The monoisotopic (exact) mass is 330 g/mol. The third-order valence-electron chi connectivity index (χ3n) is 3.84. The van der Waals surface area contributed by atoms with Crippen molar-refractivity contribution in [2.45, 2.75) is 32.4 Å². The van der Waals surface area contributed by atoms with Crippen LogP contribution in [-0.4, -0.2) is 21.6 Å². The summed E-state index contributed by atoms with van der Waals surface area (Å²) in [5.74, 6) is 0. The van der Waals surface area contributed by atoms with Crippen molar-refractivity contribution in [2.24, 2.45) is 7.05 Å². The molecular formula is C17H22N4O3. The molecule has 0 radical (unpaired) electrons. The lowest BCUT2D eigenvalue weighted by molar-refractivity contribution is -0.384. The summed E-state index contributed by atoms with van der Waals surface area (Å²) in [5, 5.41) is 16.3. The van der Waals surface area contributed by atoms with Gasteiger partial charge in [-0.2, -0.15) is 0 Å². The highest BCUT2D eigenvalue weighted by Gasteiger charge is 2.09. The summed E-state index contributed by atoms with van der Waals surface area (Å²) >= 11 is 0. The van der Waals surface area contributed by atoms with Gasteiger partial charge in [-0.1, -0.05) is 12.1 Å². The molecule has 2 amide bonds. The molecule has 0 aliphatic heterocycles. The lowest BCUT2D eigenvalue weighted by Gasteiger charge is -2.15. The predicted molar refractivity (Wildman–Crippen MR) is 91.7 cm³/mol. The summed E-state index contributed by atoms with van der Waals surface area (Å²) in [4.78, 5) is 22.2. The van der Waals surface area contributed by atoms with E-state index in [2.05, 4.69) is 21.3 Å². The Labute approximate surface area is 140 Å². The molecule has 2 N–H and O–H groups in total. The minimum Gasteiger partial charge on any atom is -0.354 e. The Kier molecular flexibility index (Phi) is 5.95. The quantitative estimate of drug-likeness (QED) is 0.604. The third-order valence-corrected chi connectivity index (χ3v) is 3.84. The molecule has 0 saturated heterocycles. The molecule has 24 heavy (non-hydrogen) atoms. The number of rotatable bonds is 7. The maximum atomic E-state index is 11.9. The minimum absolute atomic E-state index is 0.0191. The van der Waals surface area contributed by atoms with Crippen LogP contribution in [0.2, 0.25) is 0 Å². The SMILES string of the molecule is CC(CCc1cccn1C)NC(=O)NCc1cccc([N+](=O)[O-])c1. The van der Waals surface area contributed by atoms with Crippen LogP contribution in [0.1, 0.15) is 24.6 Å². The second-order valence-corrected chi connectivity index (χ2v) is 5.80. The van der Waals surface area contributed by atoms with Crippen molar-refractivity contribution in [1.82, 2.24) is 15.2 Å². The number of aryl methyl sites for hydroxylation is 2. The first-order valence-electron chi connectivity index (χ1n) is 7.83. The van der Waals surface area contributed by atoms with Gasteiger partial charge in [0.25, 0.3) is 5.69 Å². The fourth-order valence-corrected chi connectivity index (χ4v) is 2.43. The van der Waals surface area contributed by atoms with E-state index in [1.54, 1.807) is 12.1 Å². The smallest absolute Gasteiger partial charge is 0.315 e. The molecule has 0 spiro atoms. The summed E-state index contributed by atoms with van der Waals surface area (Å²) in [6, 6.07) is 10.1. The maximum absolute atomic E-state index is 11.9. The number of hydrogen-bond donors (Lipinski definition) is 2. The zero-order chi connectivity index (χ0) is 17.5. The van der Waals surface area contributed by atoms with Gasteiger partial charge in [-0.25, -0.2) is 4.79 Å². The topological polar surface area (TPSA) is 89.2 Å². The Balaban J connectivity index is 1.75. The number of carbonyl (C=O) groups is 1. The highest BCUT2D eigenvalue weighted by Crippen LogP contribution is 2.12. The maximum Gasteiger partial charge on any atom is 0.315 e. The molecule has 2 aromatic rings. The van der Waals surface area contributed by atoms with Crippen molar-refractivity contribution in [3.8, 4) is 0 Å². The lowest BCUT2D eigenvalue weighted by Crippen LogP contribution is -2.40. The van der Waals surface area contributed by atoms with Crippen LogP contribution in [0.3, 0.4) is 0 Å². The summed E-state index contributed by atoms with van der Waals surface area (Å²) in [6.45, 7) is 2.20. The Morgan fingerprint density at radius 2 is 2.12 bits per heavy atom. The van der Waals surface area contributed by atoms with Crippen LogP contribution < -0.4 is 10.6 Å². The molecular weight excluding hydrogens is 308 g/mol. The standard InChI is InChI=1S/C17H22N4O3/c1-13(8-9-15-7-4-10-20(15)2)19-17(22)18-12-14-5-3-6-16(11-14)21(23)24/h3-7,10-11,13H,8-9,12H2,1-2H3,(H2,18,19,22). The molecule has 128 valence electrons. The highest BCUT2D eigenvalue weighted by atomic mass is 16.6. The fraction of sp³-hybridized carbons (Fsp3) is 0.353. The Morgan fingerprint density at radius 3 is 2.79 bits per heavy atom. The molecule has 1 atom stereocenters. The largest absolute Gasteiger partial charge is 0.354 e. The predicted octanol–water partition coefficient (Wildman–Crippen LogP) is 2.75. The van der Waals surface area contributed by atoms with Crippen LogP contribution in [0.15, 0.2) is 42.6 Å². The van der Waals surface area contributed by atoms with Crippen molar-refractivity contribution in [2.75, 3.05) is 0 Å². The molecule has 7 heteroatoms. The van der Waals surface area contributed by atoms with Crippen molar-refractivity contribution in [3.05, 3.63) is 64.0 Å². The van der Waals surface area contributed by atoms with Crippen molar-refractivity contribution in [3.63, 3.8) is 0 Å². The number of benzene rings is 1. The van der Waals surface area contributed by atoms with E-state index in [0.29, 0.717) is 5.56 Å². The summed E-state index contributed by atoms with van der Waals surface area (Å²) in [5.41, 5.74) is 1.93. The average molecular weight is 330 g/mol. The van der Waals surface area contributed by atoms with Gasteiger partial charge in [0, 0.05) is 43.7 Å². The van der Waals surface area contributed by atoms with Gasteiger partial charge < -0.3 is 15.2 Å². The first-order valence-corrected chi connectivity index (χ1v) is 7.83. The van der Waals surface area contributed by atoms with Crippen LogP contribution in [0.25, 0.3) is 0 Å². The summed E-state index contributed by atoms with van der Waals surface area (Å²) in [7, 11) is 2.00. The van der Waals surface area contributed by atoms with Crippen molar-refractivity contribution >= 4 is 11.7 Å². The number of carbonyl (C=O) groups excluding carboxylic acids is 1. The van der Waals surface area contributed by atoms with Crippen molar-refractivity contribution < 1.29 is 9.72 Å². The minimum atomic E-state index is -0.449. The van der Waals surface area contributed by atoms with Gasteiger partial charge in [0.1, 0.15) is 0 Å². The van der Waals surface area contributed by atoms with Gasteiger partial charge >= 0.3 is 6.03 Å². The van der Waals surface area contributed by atoms with E-state index in [9.17, 15) is 14.9 Å². The molecule has 0 bridgehead atoms. The van der Waals surface area contributed by atoms with E-state index in [-0.39, 0.29) is 24.3 Å². The molecule has 2 rings (SSSR count). The number of nitrogens with one attached hydrogen (secondary N) is 2. The van der Waals surface area contributed by atoms with E-state index in [0.717, 1.165) is 12.8 Å². The second kappa shape index (κ2) is 8.14. The second-order valence-electron chi connectivity index (χ2n) is 5.80. The Hall–Kier alpha value is -2.83. The van der Waals surface area contributed by atoms with E-state index in [1.165, 1.54) is 17.8 Å². The Bertz CT molecular complexity index is 711. The van der Waals surface area contributed by atoms with Gasteiger partial charge in [0.15, 0.2) is 0 Å². The number of urea groups is 1. The molecule has 1 aromatic carbocycles. The molecule has 0 fully saturated rings. The molecule has 1 unspecified atom stereocenters. The van der Waals surface area contributed by atoms with Gasteiger partial charge in [-0.05, 0) is 37.5 Å². The van der Waals surface area contributed by atoms with Gasteiger partial charge in [-0.3, -0.25) is 10.1 Å². The van der Waals surface area contributed by atoms with Crippen LogP contribution >= 0.6 is 0 Å². The van der Waals surface area contributed by atoms with E-state index >= 15 is 0 Å². The number of non-ortho nitro benzene ring substituents is 1. The molecule has 0 aliphatic rings. The van der Waals surface area contributed by atoms with Crippen LogP contribution in [0, 0.1) is 10.1 Å². The molecule has 0 saturated carbocycles. The third kappa shape index (κ3) is 5.12. The van der Waals surface area contributed by atoms with Crippen molar-refractivity contribution in [1.29, 1.82) is 0 Å². The average Bonchev–Trinajstić information content (AvgIpc) is 2.96. The number of aromatic nitrogens is 1. The number of nitro groups is 1. The highest BCUT2D eigenvalue weighted by molar-refractivity contribution is 5.74.